The molecule has 2 aromatic rings. The summed E-state index contributed by atoms with van der Waals surface area (Å²) in [6.45, 7) is 0. The van der Waals surface area contributed by atoms with E-state index in [1.807, 2.05) is 0 Å². The molecule has 2 aromatic heterocycles. The minimum Gasteiger partial charge on any atom is -0.452 e. The molecule has 0 aliphatic rings. The van der Waals surface area contributed by atoms with Gasteiger partial charge in [0.05, 0.1) is 11.8 Å². The predicted molar refractivity (Wildman–Crippen MR) is 55.9 cm³/mol. The third-order valence-electron chi connectivity index (χ3n) is 1.77. The van der Waals surface area contributed by atoms with Crippen molar-refractivity contribution in [2.24, 2.45) is 0 Å². The number of rotatable bonds is 2. The molecule has 0 aliphatic heterocycles. The molecule has 0 saturated carbocycles. The molecule has 0 spiro atoms. The maximum atomic E-state index is 11.6. The zero-order valence-corrected chi connectivity index (χ0v) is 8.36. The summed E-state index contributed by atoms with van der Waals surface area (Å²) in [4.78, 5) is 15.6. The highest BCUT2D eigenvalue weighted by Crippen LogP contribution is 2.17. The molecule has 0 aromatic carbocycles. The van der Waals surface area contributed by atoms with Crippen molar-refractivity contribution >= 4 is 23.3 Å². The summed E-state index contributed by atoms with van der Waals surface area (Å²) in [7, 11) is 0. The SMILES string of the molecule is O=C(Nc1ccccn1)c1ccoc1Cl. The molecule has 2 heterocycles. The van der Waals surface area contributed by atoms with Crippen molar-refractivity contribution in [1.29, 1.82) is 0 Å². The van der Waals surface area contributed by atoms with E-state index in [4.69, 9.17) is 16.0 Å². The van der Waals surface area contributed by atoms with E-state index in [0.717, 1.165) is 0 Å². The minimum atomic E-state index is -0.340. The molecule has 2 rings (SSSR count). The van der Waals surface area contributed by atoms with Crippen molar-refractivity contribution in [2.45, 2.75) is 0 Å². The van der Waals surface area contributed by atoms with Gasteiger partial charge >= 0.3 is 0 Å². The number of pyridine rings is 1. The number of hydrogen-bond donors (Lipinski definition) is 1. The number of carbonyl (C=O) groups excluding carboxylic acids is 1. The number of nitrogens with one attached hydrogen (secondary N) is 1. The molecule has 1 amide bonds. The summed E-state index contributed by atoms with van der Waals surface area (Å²) in [5.74, 6) is 0.132. The average molecular weight is 223 g/mol. The van der Waals surface area contributed by atoms with E-state index < -0.39 is 0 Å². The van der Waals surface area contributed by atoms with E-state index in [9.17, 15) is 4.79 Å². The molecule has 0 unspecified atom stereocenters. The van der Waals surface area contributed by atoms with Gasteiger partial charge in [-0.15, -0.1) is 0 Å². The topological polar surface area (TPSA) is 55.1 Å². The van der Waals surface area contributed by atoms with Crippen LogP contribution in [0.4, 0.5) is 5.82 Å². The van der Waals surface area contributed by atoms with Crippen molar-refractivity contribution in [3.05, 3.63) is 47.5 Å². The van der Waals surface area contributed by atoms with Crippen LogP contribution in [-0.4, -0.2) is 10.9 Å². The van der Waals surface area contributed by atoms with Gasteiger partial charge in [-0.1, -0.05) is 6.07 Å². The Labute approximate surface area is 90.9 Å². The maximum Gasteiger partial charge on any atom is 0.261 e. The fourth-order valence-corrected chi connectivity index (χ4v) is 1.28. The lowest BCUT2D eigenvalue weighted by atomic mass is 10.3. The van der Waals surface area contributed by atoms with E-state index in [1.54, 1.807) is 24.4 Å². The second kappa shape index (κ2) is 4.14. The molecule has 5 heteroatoms. The standard InChI is InChI=1S/C10H7ClN2O2/c11-9-7(4-6-15-9)10(14)13-8-3-1-2-5-12-8/h1-6H,(H,12,13,14). The van der Waals surface area contributed by atoms with Gasteiger partial charge in [0, 0.05) is 6.20 Å². The molecule has 0 radical (unpaired) electrons. The van der Waals surface area contributed by atoms with E-state index in [2.05, 4.69) is 10.3 Å². The van der Waals surface area contributed by atoms with Crippen molar-refractivity contribution in [3.8, 4) is 0 Å². The van der Waals surface area contributed by atoms with Gasteiger partial charge in [0.15, 0.2) is 0 Å². The van der Waals surface area contributed by atoms with Gasteiger partial charge in [0.1, 0.15) is 5.82 Å². The van der Waals surface area contributed by atoms with Gasteiger partial charge in [0.25, 0.3) is 5.91 Å². The zero-order valence-electron chi connectivity index (χ0n) is 7.61. The van der Waals surface area contributed by atoms with Crippen LogP contribution in [0.5, 0.6) is 0 Å². The monoisotopic (exact) mass is 222 g/mol. The summed E-state index contributed by atoms with van der Waals surface area (Å²) in [5, 5.41) is 2.66. The Balaban J connectivity index is 2.15. The van der Waals surface area contributed by atoms with Crippen molar-refractivity contribution < 1.29 is 9.21 Å². The van der Waals surface area contributed by atoms with Gasteiger partial charge in [-0.05, 0) is 29.8 Å². The molecular formula is C10H7ClN2O2. The Bertz CT molecular complexity index is 467. The molecule has 0 fully saturated rings. The number of aromatic nitrogens is 1. The van der Waals surface area contributed by atoms with E-state index in [0.29, 0.717) is 11.4 Å². The van der Waals surface area contributed by atoms with Crippen molar-refractivity contribution in [1.82, 2.24) is 4.98 Å². The smallest absolute Gasteiger partial charge is 0.261 e. The highest BCUT2D eigenvalue weighted by Gasteiger charge is 2.12. The highest BCUT2D eigenvalue weighted by molar-refractivity contribution is 6.32. The van der Waals surface area contributed by atoms with E-state index in [-0.39, 0.29) is 11.1 Å². The first-order valence-electron chi connectivity index (χ1n) is 4.23. The number of nitrogens with zero attached hydrogens (tertiary/aromatic N) is 1. The second-order valence-electron chi connectivity index (χ2n) is 2.78. The lowest BCUT2D eigenvalue weighted by molar-refractivity contribution is 0.102. The lowest BCUT2D eigenvalue weighted by Gasteiger charge is -2.01. The first-order valence-corrected chi connectivity index (χ1v) is 4.60. The molecule has 0 bridgehead atoms. The molecular weight excluding hydrogens is 216 g/mol. The Kier molecular flexibility index (Phi) is 2.69. The quantitative estimate of drug-likeness (QED) is 0.850. The Morgan fingerprint density at radius 2 is 2.27 bits per heavy atom. The van der Waals surface area contributed by atoms with Crippen molar-refractivity contribution in [3.63, 3.8) is 0 Å². The lowest BCUT2D eigenvalue weighted by Crippen LogP contribution is -2.12. The minimum absolute atomic E-state index is 0.0726. The molecule has 0 saturated heterocycles. The predicted octanol–water partition coefficient (Wildman–Crippen LogP) is 2.58. The van der Waals surface area contributed by atoms with Gasteiger partial charge in [-0.2, -0.15) is 0 Å². The maximum absolute atomic E-state index is 11.6. The van der Waals surface area contributed by atoms with Crippen LogP contribution in [0.1, 0.15) is 10.4 Å². The van der Waals surface area contributed by atoms with Crippen LogP contribution in [0.25, 0.3) is 0 Å². The summed E-state index contributed by atoms with van der Waals surface area (Å²) >= 11 is 5.65. The number of halogens is 1. The van der Waals surface area contributed by atoms with Crippen LogP contribution in [0.2, 0.25) is 5.22 Å². The van der Waals surface area contributed by atoms with Crippen LogP contribution in [0, 0.1) is 0 Å². The fourth-order valence-electron chi connectivity index (χ4n) is 1.08. The summed E-state index contributed by atoms with van der Waals surface area (Å²) in [5.41, 5.74) is 0.294. The van der Waals surface area contributed by atoms with E-state index >= 15 is 0 Å². The number of furan rings is 1. The molecule has 4 nitrogen and oxygen atoms in total. The normalized spacial score (nSPS) is 9.93. The summed E-state index contributed by atoms with van der Waals surface area (Å²) < 4.78 is 4.81. The fraction of sp³-hybridized carbons (Fsp3) is 0. The molecule has 15 heavy (non-hydrogen) atoms. The first-order chi connectivity index (χ1) is 7.27. The number of amides is 1. The van der Waals surface area contributed by atoms with Crippen molar-refractivity contribution in [2.75, 3.05) is 5.32 Å². The highest BCUT2D eigenvalue weighted by atomic mass is 35.5. The van der Waals surface area contributed by atoms with Crippen LogP contribution in [0.3, 0.4) is 0 Å². The summed E-state index contributed by atoms with van der Waals surface area (Å²) in [6.07, 6.45) is 2.95. The third kappa shape index (κ3) is 2.16. The van der Waals surface area contributed by atoms with E-state index in [1.165, 1.54) is 12.3 Å². The Hall–Kier alpha value is -1.81. The van der Waals surface area contributed by atoms with Crippen LogP contribution >= 0.6 is 11.6 Å². The van der Waals surface area contributed by atoms with Gasteiger partial charge in [0.2, 0.25) is 5.22 Å². The van der Waals surface area contributed by atoms with Gasteiger partial charge < -0.3 is 9.73 Å². The van der Waals surface area contributed by atoms with Crippen LogP contribution in [0.15, 0.2) is 41.1 Å². The zero-order chi connectivity index (χ0) is 10.7. The summed E-state index contributed by atoms with van der Waals surface area (Å²) in [6, 6.07) is 6.73. The Morgan fingerprint density at radius 3 is 2.87 bits per heavy atom. The molecule has 0 aliphatic carbocycles. The number of hydrogen-bond acceptors (Lipinski definition) is 3. The number of carbonyl (C=O) groups is 1. The average Bonchev–Trinajstić information content (AvgIpc) is 2.66. The van der Waals surface area contributed by atoms with Crippen LogP contribution < -0.4 is 5.32 Å². The largest absolute Gasteiger partial charge is 0.452 e. The number of anilines is 1. The Morgan fingerprint density at radius 1 is 1.40 bits per heavy atom. The second-order valence-corrected chi connectivity index (χ2v) is 3.12. The first kappa shape index (κ1) is 9.73. The van der Waals surface area contributed by atoms with Gasteiger partial charge in [-0.25, -0.2) is 4.98 Å². The molecule has 1 N–H and O–H groups in total. The molecule has 0 atom stereocenters. The molecule has 76 valence electrons. The van der Waals surface area contributed by atoms with Crippen LogP contribution in [-0.2, 0) is 0 Å². The third-order valence-corrected chi connectivity index (χ3v) is 2.06. The van der Waals surface area contributed by atoms with Gasteiger partial charge in [-0.3, -0.25) is 4.79 Å².